The maximum Gasteiger partial charge on any atom is 0.389 e. The lowest BCUT2D eigenvalue weighted by atomic mass is 10.2. The quantitative estimate of drug-likeness (QED) is 0.413. The molecule has 7 nitrogen and oxygen atoms in total. The molecule has 2 heterocycles. The number of aromatic nitrogens is 2. The van der Waals surface area contributed by atoms with Crippen molar-refractivity contribution in [2.24, 2.45) is 0 Å². The summed E-state index contributed by atoms with van der Waals surface area (Å²) >= 11 is 13.9. The number of carbonyl (C=O) groups is 1. The normalized spacial score (nSPS) is 10.7. The second kappa shape index (κ2) is 8.82. The molecular formula is C16H9Cl2FN4O3S2. The van der Waals surface area contributed by atoms with Crippen molar-refractivity contribution in [1.82, 2.24) is 15.3 Å². The zero-order valence-corrected chi connectivity index (χ0v) is 16.8. The van der Waals surface area contributed by atoms with Gasteiger partial charge in [0.2, 0.25) is 0 Å². The van der Waals surface area contributed by atoms with Crippen LogP contribution in [0.3, 0.4) is 0 Å². The largest absolute Gasteiger partial charge is 0.389 e. The van der Waals surface area contributed by atoms with Crippen LogP contribution in [0.5, 0.6) is 0 Å². The minimum absolute atomic E-state index is 0.0855. The lowest BCUT2D eigenvalue weighted by Gasteiger charge is -2.03. The van der Waals surface area contributed by atoms with Gasteiger partial charge in [-0.1, -0.05) is 58.4 Å². The Hall–Kier alpha value is -2.27. The minimum Gasteiger partial charge on any atom is -0.358 e. The topological polar surface area (TPSA) is 98.0 Å². The summed E-state index contributed by atoms with van der Waals surface area (Å²) in [5.41, 5.74) is 0.672. The Labute approximate surface area is 176 Å². The Kier molecular flexibility index (Phi) is 6.45. The Morgan fingerprint density at radius 3 is 2.50 bits per heavy atom. The maximum absolute atomic E-state index is 12.9. The predicted molar refractivity (Wildman–Crippen MR) is 105 cm³/mol. The highest BCUT2D eigenvalue weighted by Crippen LogP contribution is 2.44. The monoisotopic (exact) mass is 458 g/mol. The van der Waals surface area contributed by atoms with Crippen molar-refractivity contribution < 1.29 is 14.1 Å². The summed E-state index contributed by atoms with van der Waals surface area (Å²) in [7, 11) is 0. The van der Waals surface area contributed by atoms with Crippen LogP contribution in [0.1, 0.15) is 15.4 Å². The van der Waals surface area contributed by atoms with Gasteiger partial charge < -0.3 is 15.4 Å². The minimum atomic E-state index is -0.682. The highest BCUT2D eigenvalue weighted by Gasteiger charge is 2.28. The molecule has 28 heavy (non-hydrogen) atoms. The third-order valence-corrected chi connectivity index (χ3v) is 6.46. The Morgan fingerprint density at radius 1 is 1.25 bits per heavy atom. The van der Waals surface area contributed by atoms with Gasteiger partial charge in [0.1, 0.15) is 5.82 Å². The summed E-state index contributed by atoms with van der Waals surface area (Å²) in [6.45, 7) is 0.122. The summed E-state index contributed by atoms with van der Waals surface area (Å²) in [6, 6.07) is 5.59. The number of nitrogens with one attached hydrogen (secondary N) is 1. The molecule has 0 spiro atoms. The number of carbonyl (C=O) groups excluding carboxylic acids is 1. The van der Waals surface area contributed by atoms with Gasteiger partial charge >= 0.3 is 11.7 Å². The molecule has 0 bridgehead atoms. The van der Waals surface area contributed by atoms with Crippen molar-refractivity contribution in [3.05, 3.63) is 73.2 Å². The molecule has 12 heteroatoms. The number of pyridine rings is 1. The molecule has 1 amide bonds. The third kappa shape index (κ3) is 4.76. The molecule has 3 aromatic rings. The average molecular weight is 459 g/mol. The zero-order valence-electron chi connectivity index (χ0n) is 13.7. The number of hydrogen-bond donors (Lipinski definition) is 1. The molecule has 0 atom stereocenters. The molecule has 0 radical (unpaired) electrons. The van der Waals surface area contributed by atoms with E-state index in [1.54, 1.807) is 0 Å². The fraction of sp³-hybridized carbons (Fsp3) is 0.0625. The highest BCUT2D eigenvalue weighted by molar-refractivity contribution is 8.01. The van der Waals surface area contributed by atoms with Gasteiger partial charge in [-0.2, -0.15) is 0 Å². The predicted octanol–water partition coefficient (Wildman–Crippen LogP) is 4.97. The molecule has 144 valence electrons. The van der Waals surface area contributed by atoms with Gasteiger partial charge in [0.15, 0.2) is 4.21 Å². The van der Waals surface area contributed by atoms with E-state index in [0.717, 1.165) is 23.1 Å². The van der Waals surface area contributed by atoms with Crippen LogP contribution < -0.4 is 5.32 Å². The fourth-order valence-corrected chi connectivity index (χ4v) is 4.66. The van der Waals surface area contributed by atoms with Gasteiger partial charge in [-0.05, 0) is 27.6 Å². The van der Waals surface area contributed by atoms with Gasteiger partial charge in [0.25, 0.3) is 5.01 Å². The van der Waals surface area contributed by atoms with Crippen molar-refractivity contribution in [3.8, 4) is 0 Å². The van der Waals surface area contributed by atoms with Crippen molar-refractivity contribution in [1.29, 1.82) is 0 Å². The number of rotatable bonds is 6. The molecule has 0 saturated heterocycles. The van der Waals surface area contributed by atoms with Crippen LogP contribution in [0.2, 0.25) is 10.0 Å². The van der Waals surface area contributed by atoms with E-state index in [1.165, 1.54) is 36.7 Å². The van der Waals surface area contributed by atoms with E-state index in [4.69, 9.17) is 23.2 Å². The van der Waals surface area contributed by atoms with Crippen LogP contribution in [0.25, 0.3) is 0 Å². The van der Waals surface area contributed by atoms with Gasteiger partial charge in [-0.3, -0.25) is 9.78 Å². The Morgan fingerprint density at radius 2 is 1.89 bits per heavy atom. The number of nitro groups is 1. The summed E-state index contributed by atoms with van der Waals surface area (Å²) in [4.78, 5) is 31.0. The van der Waals surface area contributed by atoms with Crippen LogP contribution in [0, 0.1) is 15.9 Å². The molecule has 1 N–H and O–H groups in total. The van der Waals surface area contributed by atoms with Gasteiger partial charge in [0.05, 0.1) is 14.9 Å². The summed E-state index contributed by atoms with van der Waals surface area (Å²) in [6.07, 6.45) is 2.72. The fourth-order valence-electron chi connectivity index (χ4n) is 2.03. The second-order valence-corrected chi connectivity index (χ2v) is 8.32. The highest BCUT2D eigenvalue weighted by atomic mass is 35.5. The van der Waals surface area contributed by atoms with Crippen molar-refractivity contribution >= 4 is 58.0 Å². The van der Waals surface area contributed by atoms with E-state index in [0.29, 0.717) is 10.5 Å². The Balaban J connectivity index is 1.80. The van der Waals surface area contributed by atoms with E-state index in [2.05, 4.69) is 15.3 Å². The van der Waals surface area contributed by atoms with Crippen LogP contribution in [-0.2, 0) is 6.54 Å². The zero-order chi connectivity index (χ0) is 20.3. The number of nitrogens with zero attached hydrogens (tertiary/aromatic N) is 3. The average Bonchev–Trinajstić information content (AvgIpc) is 3.08. The van der Waals surface area contributed by atoms with Gasteiger partial charge in [-0.15, -0.1) is 0 Å². The molecule has 0 fully saturated rings. The second-order valence-electron chi connectivity index (χ2n) is 5.23. The van der Waals surface area contributed by atoms with E-state index in [1.807, 2.05) is 0 Å². The van der Waals surface area contributed by atoms with Crippen LogP contribution in [-0.4, -0.2) is 20.8 Å². The number of amides is 1. The van der Waals surface area contributed by atoms with Crippen LogP contribution >= 0.6 is 46.3 Å². The van der Waals surface area contributed by atoms with Crippen LogP contribution in [0.4, 0.5) is 10.2 Å². The first kappa shape index (κ1) is 20.5. The lowest BCUT2D eigenvalue weighted by Crippen LogP contribution is -2.22. The maximum atomic E-state index is 12.9. The molecule has 0 aliphatic carbocycles. The third-order valence-electron chi connectivity index (χ3n) is 3.32. The summed E-state index contributed by atoms with van der Waals surface area (Å²) in [5, 5.41) is 14.3. The van der Waals surface area contributed by atoms with Gasteiger partial charge in [-0.25, -0.2) is 4.39 Å². The molecule has 3 rings (SSSR count). The van der Waals surface area contributed by atoms with E-state index in [-0.39, 0.29) is 31.6 Å². The summed E-state index contributed by atoms with van der Waals surface area (Å²) < 4.78 is 13.1. The van der Waals surface area contributed by atoms with E-state index >= 15 is 0 Å². The van der Waals surface area contributed by atoms with Crippen molar-refractivity contribution in [2.75, 3.05) is 0 Å². The van der Waals surface area contributed by atoms with Crippen LogP contribution in [0.15, 0.2) is 45.8 Å². The molecule has 0 aliphatic rings. The lowest BCUT2D eigenvalue weighted by molar-refractivity contribution is -0.391. The Bertz CT molecular complexity index is 1030. The number of halogens is 3. The standard InChI is InChI=1S/C16H9Cl2FN4O3S2/c17-10-6-20-7-11(18)12(10)27-16-13(23(25)26)22-15(28-16)14(24)21-5-8-1-3-9(19)4-2-8/h1-4,6-7H,5H2,(H,21,24). The molecular weight excluding hydrogens is 450 g/mol. The first-order chi connectivity index (χ1) is 13.3. The smallest absolute Gasteiger partial charge is 0.358 e. The summed E-state index contributed by atoms with van der Waals surface area (Å²) in [5.74, 6) is -1.44. The molecule has 2 aromatic heterocycles. The first-order valence-electron chi connectivity index (χ1n) is 7.50. The molecule has 0 unspecified atom stereocenters. The number of thiazole rings is 1. The number of hydrogen-bond acceptors (Lipinski definition) is 7. The van der Waals surface area contributed by atoms with Gasteiger partial charge in [0, 0.05) is 18.9 Å². The first-order valence-corrected chi connectivity index (χ1v) is 9.88. The van der Waals surface area contributed by atoms with Crippen molar-refractivity contribution in [2.45, 2.75) is 15.6 Å². The van der Waals surface area contributed by atoms with E-state index < -0.39 is 16.6 Å². The SMILES string of the molecule is O=C(NCc1ccc(F)cc1)c1nc([N+](=O)[O-])c(Sc2c(Cl)cncc2Cl)s1. The van der Waals surface area contributed by atoms with E-state index in [9.17, 15) is 19.3 Å². The molecule has 1 aromatic carbocycles. The molecule has 0 saturated carbocycles. The van der Waals surface area contributed by atoms with Crippen molar-refractivity contribution in [3.63, 3.8) is 0 Å². The molecule has 0 aliphatic heterocycles. The number of benzene rings is 1.